The average molecular weight is 245 g/mol. The second-order valence-electron chi connectivity index (χ2n) is 4.41. The van der Waals surface area contributed by atoms with Gasteiger partial charge in [-0.2, -0.15) is 5.10 Å². The molecule has 0 saturated carbocycles. The molecular formula is C14H19N3O. The van der Waals surface area contributed by atoms with Crippen molar-refractivity contribution in [3.63, 3.8) is 0 Å². The van der Waals surface area contributed by atoms with Crippen molar-refractivity contribution in [1.29, 1.82) is 0 Å². The third-order valence-electron chi connectivity index (χ3n) is 3.14. The molecule has 0 aliphatic carbocycles. The van der Waals surface area contributed by atoms with Crippen molar-refractivity contribution in [2.45, 2.75) is 25.9 Å². The molecule has 2 unspecified atom stereocenters. The molecule has 18 heavy (non-hydrogen) atoms. The summed E-state index contributed by atoms with van der Waals surface area (Å²) in [7, 11) is 1.68. The number of aromatic nitrogens is 2. The van der Waals surface area contributed by atoms with E-state index in [9.17, 15) is 0 Å². The largest absolute Gasteiger partial charge is 0.497 e. The van der Waals surface area contributed by atoms with Gasteiger partial charge in [0.15, 0.2) is 0 Å². The Kier molecular flexibility index (Phi) is 3.99. The molecule has 96 valence electrons. The van der Waals surface area contributed by atoms with E-state index in [1.165, 1.54) is 5.56 Å². The third kappa shape index (κ3) is 2.90. The highest BCUT2D eigenvalue weighted by Gasteiger charge is 2.11. The number of hydrogen-bond donors (Lipinski definition) is 2. The van der Waals surface area contributed by atoms with Gasteiger partial charge in [-0.15, -0.1) is 0 Å². The van der Waals surface area contributed by atoms with E-state index in [4.69, 9.17) is 4.74 Å². The van der Waals surface area contributed by atoms with Crippen LogP contribution in [-0.2, 0) is 0 Å². The Morgan fingerprint density at radius 3 is 2.33 bits per heavy atom. The molecule has 2 atom stereocenters. The van der Waals surface area contributed by atoms with Gasteiger partial charge in [-0.1, -0.05) is 12.1 Å². The lowest BCUT2D eigenvalue weighted by molar-refractivity contribution is 0.414. The fourth-order valence-corrected chi connectivity index (χ4v) is 1.96. The number of ether oxygens (including phenoxy) is 1. The summed E-state index contributed by atoms with van der Waals surface area (Å²) in [5.74, 6) is 0.883. The zero-order valence-electron chi connectivity index (χ0n) is 11.0. The molecule has 0 spiro atoms. The maximum absolute atomic E-state index is 5.16. The highest BCUT2D eigenvalue weighted by atomic mass is 16.5. The first-order valence-corrected chi connectivity index (χ1v) is 6.09. The second-order valence-corrected chi connectivity index (χ2v) is 4.41. The fraction of sp³-hybridized carbons (Fsp3) is 0.357. The standard InChI is InChI=1S/C14H19N3O/c1-10(12-4-6-14(18-3)7-5-12)17-11(2)13-8-15-16-9-13/h4-11,17H,1-3H3,(H,15,16). The number of hydrogen-bond acceptors (Lipinski definition) is 3. The van der Waals surface area contributed by atoms with Crippen LogP contribution >= 0.6 is 0 Å². The Morgan fingerprint density at radius 1 is 1.11 bits per heavy atom. The predicted octanol–water partition coefficient (Wildman–Crippen LogP) is 2.83. The van der Waals surface area contributed by atoms with Gasteiger partial charge in [0.2, 0.25) is 0 Å². The van der Waals surface area contributed by atoms with Crippen molar-refractivity contribution >= 4 is 0 Å². The van der Waals surface area contributed by atoms with Gasteiger partial charge in [-0.3, -0.25) is 5.10 Å². The summed E-state index contributed by atoms with van der Waals surface area (Å²) < 4.78 is 5.16. The zero-order chi connectivity index (χ0) is 13.0. The number of aromatic amines is 1. The minimum absolute atomic E-state index is 0.265. The van der Waals surface area contributed by atoms with Gasteiger partial charge in [0, 0.05) is 23.8 Å². The van der Waals surface area contributed by atoms with Crippen molar-refractivity contribution in [3.8, 4) is 5.75 Å². The summed E-state index contributed by atoms with van der Waals surface area (Å²) in [6.45, 7) is 4.28. The van der Waals surface area contributed by atoms with E-state index in [0.717, 1.165) is 11.3 Å². The predicted molar refractivity (Wildman–Crippen MR) is 71.5 cm³/mol. The SMILES string of the molecule is COc1ccc(C(C)NC(C)c2cn[nH]c2)cc1. The summed E-state index contributed by atoms with van der Waals surface area (Å²) in [6, 6.07) is 8.67. The van der Waals surface area contributed by atoms with Crippen LogP contribution in [0, 0.1) is 0 Å². The lowest BCUT2D eigenvalue weighted by Gasteiger charge is -2.19. The van der Waals surface area contributed by atoms with Crippen LogP contribution in [0.4, 0.5) is 0 Å². The molecule has 0 aliphatic rings. The van der Waals surface area contributed by atoms with E-state index >= 15 is 0 Å². The van der Waals surface area contributed by atoms with Crippen LogP contribution in [0.3, 0.4) is 0 Å². The van der Waals surface area contributed by atoms with Crippen LogP contribution in [0.25, 0.3) is 0 Å². The summed E-state index contributed by atoms with van der Waals surface area (Å²) in [5.41, 5.74) is 2.40. The monoisotopic (exact) mass is 245 g/mol. The van der Waals surface area contributed by atoms with Crippen LogP contribution in [0.1, 0.15) is 37.1 Å². The summed E-state index contributed by atoms with van der Waals surface area (Å²) in [5, 5.41) is 10.3. The fourth-order valence-electron chi connectivity index (χ4n) is 1.96. The van der Waals surface area contributed by atoms with Crippen LogP contribution in [0.5, 0.6) is 5.75 Å². The molecule has 1 aromatic carbocycles. The van der Waals surface area contributed by atoms with E-state index in [2.05, 4.69) is 41.5 Å². The Hall–Kier alpha value is -1.81. The maximum atomic E-state index is 5.16. The van der Waals surface area contributed by atoms with Crippen LogP contribution in [0.2, 0.25) is 0 Å². The number of nitrogens with zero attached hydrogens (tertiary/aromatic N) is 1. The first-order chi connectivity index (χ1) is 8.70. The number of benzene rings is 1. The Labute approximate surface area is 107 Å². The summed E-state index contributed by atoms with van der Waals surface area (Å²) in [4.78, 5) is 0. The van der Waals surface area contributed by atoms with Gasteiger partial charge < -0.3 is 10.1 Å². The minimum Gasteiger partial charge on any atom is -0.497 e. The molecule has 0 fully saturated rings. The molecule has 2 aromatic rings. The molecular weight excluding hydrogens is 226 g/mol. The van der Waals surface area contributed by atoms with E-state index in [0.29, 0.717) is 0 Å². The first kappa shape index (κ1) is 12.6. The van der Waals surface area contributed by atoms with E-state index < -0.39 is 0 Å². The van der Waals surface area contributed by atoms with Crippen molar-refractivity contribution in [2.24, 2.45) is 0 Å². The molecule has 2 N–H and O–H groups in total. The van der Waals surface area contributed by atoms with Crippen LogP contribution < -0.4 is 10.1 Å². The van der Waals surface area contributed by atoms with Gasteiger partial charge in [-0.05, 0) is 31.5 Å². The van der Waals surface area contributed by atoms with E-state index in [1.807, 2.05) is 24.5 Å². The molecule has 4 heteroatoms. The maximum Gasteiger partial charge on any atom is 0.118 e. The normalized spacial score (nSPS) is 14.2. The zero-order valence-corrected chi connectivity index (χ0v) is 11.0. The molecule has 1 heterocycles. The van der Waals surface area contributed by atoms with Gasteiger partial charge in [-0.25, -0.2) is 0 Å². The molecule has 0 aliphatic heterocycles. The van der Waals surface area contributed by atoms with Crippen molar-refractivity contribution < 1.29 is 4.74 Å². The number of nitrogens with one attached hydrogen (secondary N) is 2. The Balaban J connectivity index is 2.00. The second kappa shape index (κ2) is 5.69. The molecule has 0 radical (unpaired) electrons. The third-order valence-corrected chi connectivity index (χ3v) is 3.14. The van der Waals surface area contributed by atoms with Crippen molar-refractivity contribution in [2.75, 3.05) is 7.11 Å². The number of rotatable bonds is 5. The molecule has 4 nitrogen and oxygen atoms in total. The lowest BCUT2D eigenvalue weighted by Crippen LogP contribution is -2.22. The van der Waals surface area contributed by atoms with Gasteiger partial charge in [0.05, 0.1) is 13.3 Å². The van der Waals surface area contributed by atoms with E-state index in [1.54, 1.807) is 7.11 Å². The summed E-state index contributed by atoms with van der Waals surface area (Å²) in [6.07, 6.45) is 3.76. The van der Waals surface area contributed by atoms with Crippen LogP contribution in [0.15, 0.2) is 36.7 Å². The van der Waals surface area contributed by atoms with Crippen molar-refractivity contribution in [1.82, 2.24) is 15.5 Å². The topological polar surface area (TPSA) is 49.9 Å². The molecule has 0 bridgehead atoms. The Bertz CT molecular complexity index is 464. The summed E-state index contributed by atoms with van der Waals surface area (Å²) >= 11 is 0. The molecule has 2 rings (SSSR count). The average Bonchev–Trinajstić information content (AvgIpc) is 2.92. The quantitative estimate of drug-likeness (QED) is 0.851. The smallest absolute Gasteiger partial charge is 0.118 e. The molecule has 1 aromatic heterocycles. The molecule has 0 saturated heterocycles. The van der Waals surface area contributed by atoms with Crippen molar-refractivity contribution in [3.05, 3.63) is 47.8 Å². The minimum atomic E-state index is 0.265. The van der Waals surface area contributed by atoms with Gasteiger partial charge >= 0.3 is 0 Å². The number of H-pyrrole nitrogens is 1. The Morgan fingerprint density at radius 2 is 1.78 bits per heavy atom. The van der Waals surface area contributed by atoms with Crippen LogP contribution in [-0.4, -0.2) is 17.3 Å². The molecule has 0 amide bonds. The first-order valence-electron chi connectivity index (χ1n) is 6.09. The highest BCUT2D eigenvalue weighted by Crippen LogP contribution is 2.20. The number of methoxy groups -OCH3 is 1. The lowest BCUT2D eigenvalue weighted by atomic mass is 10.1. The van der Waals surface area contributed by atoms with Gasteiger partial charge in [0.1, 0.15) is 5.75 Å². The highest BCUT2D eigenvalue weighted by molar-refractivity contribution is 5.29. The van der Waals surface area contributed by atoms with E-state index in [-0.39, 0.29) is 12.1 Å². The van der Waals surface area contributed by atoms with Gasteiger partial charge in [0.25, 0.3) is 0 Å².